The number of aryl methyl sites for hydroxylation is 2. The lowest BCUT2D eigenvalue weighted by Gasteiger charge is -2.18. The minimum atomic E-state index is -3.84. The van der Waals surface area contributed by atoms with E-state index in [9.17, 15) is 13.2 Å². The first-order chi connectivity index (χ1) is 12.8. The van der Waals surface area contributed by atoms with Crippen LogP contribution in [0.5, 0.6) is 0 Å². The zero-order valence-electron chi connectivity index (χ0n) is 15.5. The van der Waals surface area contributed by atoms with E-state index in [4.69, 9.17) is 0 Å². The summed E-state index contributed by atoms with van der Waals surface area (Å²) in [4.78, 5) is 12.3. The molecule has 2 N–H and O–H groups in total. The predicted octanol–water partition coefficient (Wildman–Crippen LogP) is 2.12. The van der Waals surface area contributed by atoms with Crippen LogP contribution in [0, 0.1) is 13.8 Å². The highest BCUT2D eigenvalue weighted by Crippen LogP contribution is 2.25. The highest BCUT2D eigenvalue weighted by Gasteiger charge is 2.26. The van der Waals surface area contributed by atoms with Crippen LogP contribution in [0.4, 0.5) is 0 Å². The van der Waals surface area contributed by atoms with Gasteiger partial charge in [-0.2, -0.15) is 9.40 Å². The number of carbonyl (C=O) groups is 1. The molecule has 142 valence electrons. The van der Waals surface area contributed by atoms with Gasteiger partial charge in [0.25, 0.3) is 0 Å². The van der Waals surface area contributed by atoms with Gasteiger partial charge in [-0.3, -0.25) is 9.89 Å². The molecule has 0 aliphatic heterocycles. The quantitative estimate of drug-likeness (QED) is 0.678. The van der Waals surface area contributed by atoms with Crippen LogP contribution in [-0.4, -0.2) is 42.4 Å². The van der Waals surface area contributed by atoms with Gasteiger partial charge in [0.05, 0.1) is 18.3 Å². The fourth-order valence-corrected chi connectivity index (χ4v) is 4.28. The van der Waals surface area contributed by atoms with Crippen molar-refractivity contribution in [3.8, 4) is 0 Å². The predicted molar refractivity (Wildman–Crippen MR) is 104 cm³/mol. The molecule has 1 amide bonds. The zero-order valence-corrected chi connectivity index (χ0v) is 16.3. The molecule has 7 nitrogen and oxygen atoms in total. The number of nitrogens with zero attached hydrogens (tertiary/aromatic N) is 2. The molecule has 3 aromatic rings. The number of aromatic amines is 1. The molecule has 1 aromatic heterocycles. The van der Waals surface area contributed by atoms with Crippen molar-refractivity contribution in [1.29, 1.82) is 0 Å². The normalized spacial score (nSPS) is 11.9. The van der Waals surface area contributed by atoms with Gasteiger partial charge in [0.1, 0.15) is 4.90 Å². The molecule has 0 fully saturated rings. The number of carbonyl (C=O) groups excluding carboxylic acids is 1. The standard InChI is InChI=1S/C19H22N4O3S/c1-13-5-4-6-15(7-13)10-20-18(24)12-23(3)27(25,26)17-9-14(2)8-16-11-21-22-19(16)17/h4-9,11H,10,12H2,1-3H3,(H,20,24)(H,21,22). The Morgan fingerprint density at radius 3 is 2.70 bits per heavy atom. The summed E-state index contributed by atoms with van der Waals surface area (Å²) in [5, 5.41) is 10.1. The summed E-state index contributed by atoms with van der Waals surface area (Å²) in [7, 11) is -2.45. The van der Waals surface area contributed by atoms with E-state index in [0.29, 0.717) is 17.4 Å². The highest BCUT2D eigenvalue weighted by molar-refractivity contribution is 7.89. The lowest BCUT2D eigenvalue weighted by Crippen LogP contribution is -2.38. The fourth-order valence-electron chi connectivity index (χ4n) is 2.91. The smallest absolute Gasteiger partial charge is 0.245 e. The lowest BCUT2D eigenvalue weighted by atomic mass is 10.1. The molecule has 0 bridgehead atoms. The van der Waals surface area contributed by atoms with E-state index in [1.807, 2.05) is 44.2 Å². The summed E-state index contributed by atoms with van der Waals surface area (Å²) in [6.45, 7) is 3.88. The number of hydrogen-bond acceptors (Lipinski definition) is 4. The van der Waals surface area contributed by atoms with Crippen LogP contribution in [0.25, 0.3) is 10.9 Å². The Bertz CT molecular complexity index is 1090. The number of amides is 1. The van der Waals surface area contributed by atoms with E-state index in [0.717, 1.165) is 21.0 Å². The van der Waals surface area contributed by atoms with Crippen LogP contribution in [0.3, 0.4) is 0 Å². The van der Waals surface area contributed by atoms with Gasteiger partial charge in [-0.15, -0.1) is 0 Å². The molecule has 0 atom stereocenters. The maximum atomic E-state index is 12.9. The second-order valence-corrected chi connectivity index (χ2v) is 8.64. The summed E-state index contributed by atoms with van der Waals surface area (Å²) in [5.41, 5.74) is 3.31. The van der Waals surface area contributed by atoms with Crippen molar-refractivity contribution in [3.05, 3.63) is 59.3 Å². The average molecular weight is 386 g/mol. The number of likely N-dealkylation sites (N-methyl/N-ethyl adjacent to an activating group) is 1. The molecule has 8 heteroatoms. The zero-order chi connectivity index (χ0) is 19.6. The Hall–Kier alpha value is -2.71. The van der Waals surface area contributed by atoms with E-state index in [2.05, 4.69) is 15.5 Å². The number of benzene rings is 2. The van der Waals surface area contributed by atoms with Crippen molar-refractivity contribution in [2.45, 2.75) is 25.3 Å². The third kappa shape index (κ3) is 4.17. The Labute approximate surface area is 158 Å². The first-order valence-corrected chi connectivity index (χ1v) is 9.93. The minimum Gasteiger partial charge on any atom is -0.351 e. The van der Waals surface area contributed by atoms with Gasteiger partial charge < -0.3 is 5.32 Å². The topological polar surface area (TPSA) is 95.2 Å². The lowest BCUT2D eigenvalue weighted by molar-refractivity contribution is -0.121. The van der Waals surface area contributed by atoms with Crippen LogP contribution in [-0.2, 0) is 21.4 Å². The van der Waals surface area contributed by atoms with Gasteiger partial charge in [-0.05, 0) is 37.1 Å². The van der Waals surface area contributed by atoms with Crippen LogP contribution in [0.1, 0.15) is 16.7 Å². The van der Waals surface area contributed by atoms with Crippen LogP contribution >= 0.6 is 0 Å². The maximum Gasteiger partial charge on any atom is 0.245 e. The van der Waals surface area contributed by atoms with Crippen LogP contribution in [0.2, 0.25) is 0 Å². The Balaban J connectivity index is 1.73. The molecule has 0 aliphatic rings. The molecule has 3 rings (SSSR count). The first kappa shape index (κ1) is 19.1. The van der Waals surface area contributed by atoms with Gasteiger partial charge in [0, 0.05) is 19.0 Å². The van der Waals surface area contributed by atoms with E-state index in [1.165, 1.54) is 7.05 Å². The number of sulfonamides is 1. The van der Waals surface area contributed by atoms with Gasteiger partial charge in [0.2, 0.25) is 15.9 Å². The number of H-pyrrole nitrogens is 1. The number of aromatic nitrogens is 2. The van der Waals surface area contributed by atoms with E-state index in [-0.39, 0.29) is 17.3 Å². The monoisotopic (exact) mass is 386 g/mol. The Morgan fingerprint density at radius 2 is 1.96 bits per heavy atom. The second kappa shape index (κ2) is 7.50. The van der Waals surface area contributed by atoms with Gasteiger partial charge in [-0.25, -0.2) is 8.42 Å². The van der Waals surface area contributed by atoms with Gasteiger partial charge in [0.15, 0.2) is 0 Å². The van der Waals surface area contributed by atoms with Crippen molar-refractivity contribution in [2.75, 3.05) is 13.6 Å². The Kier molecular flexibility index (Phi) is 5.29. The summed E-state index contributed by atoms with van der Waals surface area (Å²) >= 11 is 0. The average Bonchev–Trinajstić information content (AvgIpc) is 3.07. The van der Waals surface area contributed by atoms with Crippen molar-refractivity contribution < 1.29 is 13.2 Å². The van der Waals surface area contributed by atoms with Crippen LogP contribution < -0.4 is 5.32 Å². The molecule has 2 aromatic carbocycles. The summed E-state index contributed by atoms with van der Waals surface area (Å²) in [6, 6.07) is 11.2. The van der Waals surface area contributed by atoms with E-state index >= 15 is 0 Å². The molecule has 1 heterocycles. The molecule has 0 aliphatic carbocycles. The first-order valence-electron chi connectivity index (χ1n) is 8.49. The number of nitrogens with one attached hydrogen (secondary N) is 2. The number of fused-ring (bicyclic) bond motifs is 1. The second-order valence-electron chi connectivity index (χ2n) is 6.62. The van der Waals surface area contributed by atoms with Crippen LogP contribution in [0.15, 0.2) is 47.5 Å². The third-order valence-corrected chi connectivity index (χ3v) is 6.11. The Morgan fingerprint density at radius 1 is 1.19 bits per heavy atom. The van der Waals surface area contributed by atoms with E-state index < -0.39 is 10.0 Å². The molecule has 0 unspecified atom stereocenters. The van der Waals surface area contributed by atoms with Gasteiger partial charge >= 0.3 is 0 Å². The maximum absolute atomic E-state index is 12.9. The minimum absolute atomic E-state index is 0.115. The molecule has 27 heavy (non-hydrogen) atoms. The SMILES string of the molecule is Cc1cccc(CNC(=O)CN(C)S(=O)(=O)c2cc(C)cc3cn[nH]c23)c1. The molecule has 0 saturated carbocycles. The molecule has 0 spiro atoms. The molecule has 0 radical (unpaired) electrons. The molecule has 0 saturated heterocycles. The summed E-state index contributed by atoms with van der Waals surface area (Å²) in [5.74, 6) is -0.365. The largest absolute Gasteiger partial charge is 0.351 e. The summed E-state index contributed by atoms with van der Waals surface area (Å²) < 4.78 is 26.9. The third-order valence-electron chi connectivity index (χ3n) is 4.28. The van der Waals surface area contributed by atoms with Crippen molar-refractivity contribution in [2.24, 2.45) is 0 Å². The van der Waals surface area contributed by atoms with E-state index in [1.54, 1.807) is 12.3 Å². The molecular weight excluding hydrogens is 364 g/mol. The van der Waals surface area contributed by atoms with Crippen molar-refractivity contribution in [3.63, 3.8) is 0 Å². The highest BCUT2D eigenvalue weighted by atomic mass is 32.2. The fraction of sp³-hybridized carbons (Fsp3) is 0.263. The van der Waals surface area contributed by atoms with Gasteiger partial charge in [-0.1, -0.05) is 29.8 Å². The number of rotatable bonds is 6. The van der Waals surface area contributed by atoms with Crippen molar-refractivity contribution in [1.82, 2.24) is 19.8 Å². The number of hydrogen-bond donors (Lipinski definition) is 2. The molecular formula is C19H22N4O3S. The van der Waals surface area contributed by atoms with Crippen molar-refractivity contribution >= 4 is 26.8 Å². The summed E-state index contributed by atoms with van der Waals surface area (Å²) in [6.07, 6.45) is 1.58.